The number of hydrogen-bond donors (Lipinski definition) is 16. The highest BCUT2D eigenvalue weighted by atomic mass is 16.7. The number of amides is 9. The lowest BCUT2D eigenvalue weighted by Gasteiger charge is -2.48. The van der Waals surface area contributed by atoms with E-state index in [0.29, 0.717) is 0 Å². The quantitative estimate of drug-likeness (QED) is 0.0324. The van der Waals surface area contributed by atoms with Crippen LogP contribution in [0, 0.1) is 0 Å². The van der Waals surface area contributed by atoms with Crippen molar-refractivity contribution >= 4 is 59.1 Å². The van der Waals surface area contributed by atoms with Crippen LogP contribution < -0.4 is 54.4 Å². The van der Waals surface area contributed by atoms with Gasteiger partial charge in [-0.3, -0.25) is 47.9 Å². The molecule has 0 aromatic rings. The first-order valence-corrected chi connectivity index (χ1v) is 22.2. The minimum Gasteiger partial charge on any atom is -0.480 e. The summed E-state index contributed by atoms with van der Waals surface area (Å²) in [7, 11) is 0. The van der Waals surface area contributed by atoms with Gasteiger partial charge in [-0.15, -0.1) is 0 Å². The first-order chi connectivity index (χ1) is 32.7. The number of aliphatic hydroxyl groups is 5. The third-order valence-corrected chi connectivity index (χ3v) is 10.9. The zero-order chi connectivity index (χ0) is 53.2. The minimum absolute atomic E-state index is 0.0463. The normalized spacial score (nSPS) is 26.8. The van der Waals surface area contributed by atoms with E-state index in [-0.39, 0.29) is 32.2 Å². The summed E-state index contributed by atoms with van der Waals surface area (Å²) in [6, 6.07) is -9.82. The van der Waals surface area contributed by atoms with E-state index in [9.17, 15) is 78.6 Å². The summed E-state index contributed by atoms with van der Waals surface area (Å²) in [6.07, 6.45) is -15.8. The number of nitrogens with two attached hydrogens (primary N) is 3. The largest absolute Gasteiger partial charge is 0.480 e. The van der Waals surface area contributed by atoms with Crippen LogP contribution in [0.1, 0.15) is 73.1 Å². The fraction of sp³-hybridized carbons (Fsp3) is 0.750. The smallest absolute Gasteiger partial charge is 0.325 e. The Bertz CT molecular complexity index is 1850. The van der Waals surface area contributed by atoms with Crippen LogP contribution in [0.5, 0.6) is 0 Å². The van der Waals surface area contributed by atoms with Gasteiger partial charge in [0.25, 0.3) is 0 Å². The van der Waals surface area contributed by atoms with E-state index in [1.165, 1.54) is 20.8 Å². The van der Waals surface area contributed by atoms with E-state index >= 15 is 0 Å². The molecule has 0 aliphatic carbocycles. The fourth-order valence-corrected chi connectivity index (χ4v) is 7.11. The zero-order valence-corrected chi connectivity index (χ0v) is 39.2. The van der Waals surface area contributed by atoms with Gasteiger partial charge in [-0.25, -0.2) is 0 Å². The second kappa shape index (κ2) is 28.8. The van der Waals surface area contributed by atoms with Crippen LogP contribution in [0.4, 0.5) is 0 Å². The molecule has 0 aromatic heterocycles. The lowest BCUT2D eigenvalue weighted by atomic mass is 9.94. The molecule has 9 amide bonds. The first-order valence-electron chi connectivity index (χ1n) is 22.2. The molecule has 30 heteroatoms. The van der Waals surface area contributed by atoms with Gasteiger partial charge in [-0.05, 0) is 46.5 Å². The molecule has 0 aromatic carbocycles. The van der Waals surface area contributed by atoms with Gasteiger partial charge in [0.05, 0.1) is 25.7 Å². The van der Waals surface area contributed by atoms with E-state index in [1.807, 2.05) is 0 Å². The van der Waals surface area contributed by atoms with Crippen molar-refractivity contribution in [1.82, 2.24) is 37.2 Å². The van der Waals surface area contributed by atoms with Gasteiger partial charge < -0.3 is 104 Å². The van der Waals surface area contributed by atoms with Gasteiger partial charge in [-0.1, -0.05) is 0 Å². The van der Waals surface area contributed by atoms with Crippen molar-refractivity contribution in [2.24, 2.45) is 17.2 Å². The molecular weight excluding hydrogens is 940 g/mol. The number of carboxylic acids is 1. The number of ether oxygens (including phenoxy) is 4. The standard InChI is InChI=1S/C40H68N10O20/c1-15(34(60)50-21(33(43)59)9-10-26(56)49-22(37(63)46-16(2)38(64)65)8-6-7-11-44-36(62)20(41)12-25(42)55)45-35(61)17(3)67-32-28(48-19(5)54)39(66)68-24(14-52)31(32)70-40-27(47-18(4)53)30(58)29(57)23(13-51)69-40/h15-17,20-24,27-32,39-40,51-52,57-58,66H,6-14,41H2,1-5H3,(H2,42,55)(H2,43,59)(H,44,62)(H,45,61)(H,46,63)(H,47,53)(H,48,54)(H,49,56)(H,50,60)(H,64,65). The number of rotatable bonds is 28. The van der Waals surface area contributed by atoms with Crippen molar-refractivity contribution < 1.29 is 97.5 Å². The highest BCUT2D eigenvalue weighted by molar-refractivity contribution is 5.93. The third kappa shape index (κ3) is 18.9. The third-order valence-electron chi connectivity index (χ3n) is 10.9. The van der Waals surface area contributed by atoms with Crippen LogP contribution in [0.15, 0.2) is 0 Å². The maximum Gasteiger partial charge on any atom is 0.325 e. The molecule has 30 nitrogen and oxygen atoms in total. The summed E-state index contributed by atoms with van der Waals surface area (Å²) in [5.41, 5.74) is 16.2. The molecule has 0 spiro atoms. The van der Waals surface area contributed by atoms with Crippen LogP contribution in [0.3, 0.4) is 0 Å². The van der Waals surface area contributed by atoms with Crippen molar-refractivity contribution in [2.75, 3.05) is 19.8 Å². The van der Waals surface area contributed by atoms with E-state index in [2.05, 4.69) is 37.2 Å². The Kier molecular flexibility index (Phi) is 24.9. The number of unbranched alkanes of at least 4 members (excludes halogenated alkanes) is 1. The van der Waals surface area contributed by atoms with E-state index in [0.717, 1.165) is 13.8 Å². The van der Waals surface area contributed by atoms with Gasteiger partial charge >= 0.3 is 5.97 Å². The van der Waals surface area contributed by atoms with Crippen LogP contribution in [-0.2, 0) is 66.9 Å². The highest BCUT2D eigenvalue weighted by Crippen LogP contribution is 2.31. The number of carboxylic acid groups (broad SMARTS) is 1. The molecular formula is C40H68N10O20. The summed E-state index contributed by atoms with van der Waals surface area (Å²) in [6.45, 7) is 4.10. The van der Waals surface area contributed by atoms with Crippen LogP contribution in [0.2, 0.25) is 0 Å². The molecule has 0 saturated carbocycles. The predicted octanol–water partition coefficient (Wildman–Crippen LogP) is -8.88. The van der Waals surface area contributed by atoms with Crippen LogP contribution >= 0.6 is 0 Å². The monoisotopic (exact) mass is 1010 g/mol. The second-order valence-corrected chi connectivity index (χ2v) is 16.7. The van der Waals surface area contributed by atoms with Crippen molar-refractivity contribution in [3.8, 4) is 0 Å². The summed E-state index contributed by atoms with van der Waals surface area (Å²) in [4.78, 5) is 124. The number of aliphatic carboxylic acids is 1. The molecule has 2 saturated heterocycles. The zero-order valence-electron chi connectivity index (χ0n) is 39.2. The predicted molar refractivity (Wildman–Crippen MR) is 234 cm³/mol. The van der Waals surface area contributed by atoms with E-state index in [1.54, 1.807) is 0 Å². The molecule has 2 aliphatic rings. The number of aliphatic hydroxyl groups excluding tert-OH is 5. The number of hydrogen-bond acceptors (Lipinski definition) is 20. The Morgan fingerprint density at radius 1 is 0.671 bits per heavy atom. The molecule has 0 bridgehead atoms. The molecule has 2 fully saturated rings. The van der Waals surface area contributed by atoms with Gasteiger partial charge in [0, 0.05) is 26.8 Å². The fourth-order valence-electron chi connectivity index (χ4n) is 7.11. The number of carbonyl (C=O) groups is 10. The van der Waals surface area contributed by atoms with Gasteiger partial charge in [0.2, 0.25) is 53.2 Å². The van der Waals surface area contributed by atoms with Crippen molar-refractivity contribution in [2.45, 2.75) is 171 Å². The SMILES string of the molecule is CC(=O)NC1C(OC2C(CO)OC(O)C(NC(C)=O)C2OC(C)C(=O)NC(C)C(=O)NC(CCC(=O)NC(CCCCNC(=O)C(N)CC(N)=O)C(=O)NC(C)C(=O)O)C(N)=O)OC(CO)C(O)C1O. The Morgan fingerprint density at radius 2 is 1.27 bits per heavy atom. The lowest BCUT2D eigenvalue weighted by Crippen LogP contribution is -2.70. The van der Waals surface area contributed by atoms with E-state index < -0.39 is 183 Å². The number of nitrogens with one attached hydrogen (secondary N) is 7. The molecule has 19 N–H and O–H groups in total. The molecule has 70 heavy (non-hydrogen) atoms. The summed E-state index contributed by atoms with van der Waals surface area (Å²) in [5, 5.41) is 78.1. The summed E-state index contributed by atoms with van der Waals surface area (Å²) in [5.74, 6) is -8.98. The number of carbonyl (C=O) groups excluding carboxylic acids is 9. The molecule has 16 atom stereocenters. The average Bonchev–Trinajstić information content (AvgIpc) is 3.27. The first kappa shape index (κ1) is 60.4. The van der Waals surface area contributed by atoms with Gasteiger partial charge in [0.1, 0.15) is 79.0 Å². The number of primary amides is 2. The molecule has 2 rings (SSSR count). The molecule has 16 unspecified atom stereocenters. The van der Waals surface area contributed by atoms with Crippen LogP contribution in [-0.4, -0.2) is 207 Å². The van der Waals surface area contributed by atoms with Crippen molar-refractivity contribution in [3.63, 3.8) is 0 Å². The van der Waals surface area contributed by atoms with Crippen LogP contribution in [0.25, 0.3) is 0 Å². The van der Waals surface area contributed by atoms with Gasteiger partial charge in [0.15, 0.2) is 12.6 Å². The molecule has 398 valence electrons. The molecule has 0 radical (unpaired) electrons. The summed E-state index contributed by atoms with van der Waals surface area (Å²) < 4.78 is 23.2. The topological polar surface area (TPSA) is 491 Å². The lowest BCUT2D eigenvalue weighted by molar-refractivity contribution is -0.333. The molecule has 2 heterocycles. The van der Waals surface area contributed by atoms with Crippen molar-refractivity contribution in [1.29, 1.82) is 0 Å². The minimum atomic E-state index is -1.90. The van der Waals surface area contributed by atoms with Gasteiger partial charge in [-0.2, -0.15) is 0 Å². The average molecular weight is 1010 g/mol. The Balaban J connectivity index is 2.17. The second-order valence-electron chi connectivity index (χ2n) is 16.7. The Hall–Kier alpha value is -5.70. The highest BCUT2D eigenvalue weighted by Gasteiger charge is 2.53. The summed E-state index contributed by atoms with van der Waals surface area (Å²) >= 11 is 0. The Morgan fingerprint density at radius 3 is 1.83 bits per heavy atom. The van der Waals surface area contributed by atoms with E-state index in [4.69, 9.17) is 36.1 Å². The molecule has 2 aliphatic heterocycles. The van der Waals surface area contributed by atoms with Crippen molar-refractivity contribution in [3.05, 3.63) is 0 Å². The maximum atomic E-state index is 13.5. The maximum absolute atomic E-state index is 13.5. The Labute approximate surface area is 401 Å².